The Morgan fingerprint density at radius 3 is 2.70 bits per heavy atom. The van der Waals surface area contributed by atoms with Crippen LogP contribution in [0.2, 0.25) is 0 Å². The molecule has 20 heavy (non-hydrogen) atoms. The molecule has 0 bridgehead atoms. The van der Waals surface area contributed by atoms with E-state index in [9.17, 15) is 14.0 Å². The van der Waals surface area contributed by atoms with Gasteiger partial charge >= 0.3 is 5.97 Å². The Balaban J connectivity index is 2.27. The van der Waals surface area contributed by atoms with Crippen LogP contribution in [0.25, 0.3) is 0 Å². The molecule has 0 aliphatic carbocycles. The van der Waals surface area contributed by atoms with Gasteiger partial charge in [0, 0.05) is 10.4 Å². The number of amides is 1. The SMILES string of the molecule is CCc1cc(C(=O)O)c(NC(=O)c2cccc(F)c2)s1. The lowest BCUT2D eigenvalue weighted by Gasteiger charge is -2.04. The second kappa shape index (κ2) is 5.83. The fourth-order valence-corrected chi connectivity index (χ4v) is 2.66. The molecule has 1 aromatic heterocycles. The van der Waals surface area contributed by atoms with Crippen LogP contribution in [0.4, 0.5) is 9.39 Å². The van der Waals surface area contributed by atoms with Gasteiger partial charge in [0.1, 0.15) is 10.8 Å². The summed E-state index contributed by atoms with van der Waals surface area (Å²) in [5, 5.41) is 11.9. The van der Waals surface area contributed by atoms with Crippen molar-refractivity contribution in [3.63, 3.8) is 0 Å². The molecule has 0 saturated heterocycles. The molecule has 0 unspecified atom stereocenters. The molecule has 0 radical (unpaired) electrons. The summed E-state index contributed by atoms with van der Waals surface area (Å²) >= 11 is 1.21. The standard InChI is InChI=1S/C14H12FNO3S/c1-2-10-7-11(14(18)19)13(20-10)16-12(17)8-4-3-5-9(15)6-8/h3-7H,2H2,1H3,(H,16,17)(H,18,19). The maximum atomic E-state index is 13.1. The number of aromatic carboxylic acids is 1. The van der Waals surface area contributed by atoms with Crippen LogP contribution in [-0.4, -0.2) is 17.0 Å². The molecule has 4 nitrogen and oxygen atoms in total. The van der Waals surface area contributed by atoms with Crippen LogP contribution in [-0.2, 0) is 6.42 Å². The number of halogens is 1. The molecular formula is C14H12FNO3S. The minimum Gasteiger partial charge on any atom is -0.478 e. The van der Waals surface area contributed by atoms with Crippen LogP contribution in [0.15, 0.2) is 30.3 Å². The quantitative estimate of drug-likeness (QED) is 0.908. The van der Waals surface area contributed by atoms with Crippen molar-refractivity contribution >= 4 is 28.2 Å². The topological polar surface area (TPSA) is 66.4 Å². The second-order valence-electron chi connectivity index (χ2n) is 4.08. The Bertz CT molecular complexity index is 666. The van der Waals surface area contributed by atoms with Crippen molar-refractivity contribution in [3.05, 3.63) is 52.2 Å². The van der Waals surface area contributed by atoms with Gasteiger partial charge in [0.15, 0.2) is 0 Å². The van der Waals surface area contributed by atoms with E-state index in [1.165, 1.54) is 35.6 Å². The zero-order valence-electron chi connectivity index (χ0n) is 10.6. The van der Waals surface area contributed by atoms with Crippen LogP contribution in [0.5, 0.6) is 0 Å². The molecule has 6 heteroatoms. The first-order valence-corrected chi connectivity index (χ1v) is 6.75. The van der Waals surface area contributed by atoms with Gasteiger partial charge in [-0.05, 0) is 30.7 Å². The van der Waals surface area contributed by atoms with E-state index in [0.717, 1.165) is 10.9 Å². The lowest BCUT2D eigenvalue weighted by molar-refractivity contribution is 0.0698. The third-order valence-corrected chi connectivity index (χ3v) is 3.87. The van der Waals surface area contributed by atoms with Crippen molar-refractivity contribution in [2.45, 2.75) is 13.3 Å². The van der Waals surface area contributed by atoms with E-state index < -0.39 is 17.7 Å². The number of carboxylic acid groups (broad SMARTS) is 1. The first-order valence-electron chi connectivity index (χ1n) is 5.94. The van der Waals surface area contributed by atoms with Crippen molar-refractivity contribution in [1.82, 2.24) is 0 Å². The summed E-state index contributed by atoms with van der Waals surface area (Å²) < 4.78 is 13.1. The molecule has 0 aliphatic rings. The lowest BCUT2D eigenvalue weighted by Crippen LogP contribution is -2.13. The summed E-state index contributed by atoms with van der Waals surface area (Å²) in [6.45, 7) is 1.90. The van der Waals surface area contributed by atoms with Crippen molar-refractivity contribution < 1.29 is 19.1 Å². The van der Waals surface area contributed by atoms with E-state index in [4.69, 9.17) is 5.11 Å². The Kier molecular flexibility index (Phi) is 4.14. The number of carbonyl (C=O) groups is 2. The predicted octanol–water partition coefficient (Wildman–Crippen LogP) is 3.40. The maximum Gasteiger partial charge on any atom is 0.338 e. The van der Waals surface area contributed by atoms with E-state index in [0.29, 0.717) is 6.42 Å². The van der Waals surface area contributed by atoms with E-state index >= 15 is 0 Å². The summed E-state index contributed by atoms with van der Waals surface area (Å²) in [6, 6.07) is 6.76. The minimum absolute atomic E-state index is 0.0524. The van der Waals surface area contributed by atoms with Gasteiger partial charge in [-0.3, -0.25) is 4.79 Å². The average Bonchev–Trinajstić information content (AvgIpc) is 2.82. The number of carbonyl (C=O) groups excluding carboxylic acids is 1. The largest absolute Gasteiger partial charge is 0.478 e. The molecule has 2 N–H and O–H groups in total. The molecule has 2 aromatic rings. The summed E-state index contributed by atoms with van der Waals surface area (Å²) in [7, 11) is 0. The molecular weight excluding hydrogens is 281 g/mol. The van der Waals surface area contributed by atoms with Crippen LogP contribution >= 0.6 is 11.3 Å². The number of nitrogens with one attached hydrogen (secondary N) is 1. The number of carboxylic acids is 1. The summed E-state index contributed by atoms with van der Waals surface area (Å²) in [5.41, 5.74) is 0.199. The van der Waals surface area contributed by atoms with Gasteiger partial charge in [-0.15, -0.1) is 11.3 Å². The van der Waals surface area contributed by atoms with Crippen LogP contribution in [0, 0.1) is 5.82 Å². The molecule has 0 atom stereocenters. The molecule has 2 rings (SSSR count). The van der Waals surface area contributed by atoms with Gasteiger partial charge in [-0.25, -0.2) is 9.18 Å². The molecule has 0 spiro atoms. The van der Waals surface area contributed by atoms with E-state index in [1.807, 2.05) is 6.92 Å². The molecule has 1 heterocycles. The fourth-order valence-electron chi connectivity index (χ4n) is 1.67. The van der Waals surface area contributed by atoms with Gasteiger partial charge in [0.2, 0.25) is 0 Å². The van der Waals surface area contributed by atoms with Crippen molar-refractivity contribution in [2.24, 2.45) is 0 Å². The van der Waals surface area contributed by atoms with Gasteiger partial charge < -0.3 is 10.4 Å². The highest BCUT2D eigenvalue weighted by Crippen LogP contribution is 2.29. The van der Waals surface area contributed by atoms with Crippen molar-refractivity contribution in [2.75, 3.05) is 5.32 Å². The molecule has 1 amide bonds. The number of aryl methyl sites for hydroxylation is 1. The number of hydrogen-bond donors (Lipinski definition) is 2. The average molecular weight is 293 g/mol. The van der Waals surface area contributed by atoms with Gasteiger partial charge in [0.25, 0.3) is 5.91 Å². The molecule has 104 valence electrons. The monoisotopic (exact) mass is 293 g/mol. The smallest absolute Gasteiger partial charge is 0.338 e. The summed E-state index contributed by atoms with van der Waals surface area (Å²) in [4.78, 5) is 24.0. The molecule has 1 aromatic carbocycles. The lowest BCUT2D eigenvalue weighted by atomic mass is 10.2. The normalized spacial score (nSPS) is 10.3. The van der Waals surface area contributed by atoms with E-state index in [1.54, 1.807) is 0 Å². The fraction of sp³-hybridized carbons (Fsp3) is 0.143. The minimum atomic E-state index is -1.10. The summed E-state index contributed by atoms with van der Waals surface area (Å²) in [6.07, 6.45) is 0.681. The Labute approximate surface area is 118 Å². The molecule has 0 aliphatic heterocycles. The highest BCUT2D eigenvalue weighted by Gasteiger charge is 2.17. The first-order chi connectivity index (χ1) is 9.51. The van der Waals surface area contributed by atoms with Gasteiger partial charge in [0.05, 0.1) is 5.56 Å². The van der Waals surface area contributed by atoms with Crippen LogP contribution < -0.4 is 5.32 Å². The maximum absolute atomic E-state index is 13.1. The number of hydrogen-bond acceptors (Lipinski definition) is 3. The van der Waals surface area contributed by atoms with Crippen LogP contribution in [0.3, 0.4) is 0 Å². The van der Waals surface area contributed by atoms with Crippen molar-refractivity contribution in [3.8, 4) is 0 Å². The third-order valence-electron chi connectivity index (χ3n) is 2.68. The number of anilines is 1. The Morgan fingerprint density at radius 1 is 1.35 bits per heavy atom. The third kappa shape index (κ3) is 3.03. The first kappa shape index (κ1) is 14.2. The number of rotatable bonds is 4. The molecule has 0 saturated carbocycles. The number of benzene rings is 1. The second-order valence-corrected chi connectivity index (χ2v) is 5.22. The Morgan fingerprint density at radius 2 is 2.10 bits per heavy atom. The summed E-state index contributed by atoms with van der Waals surface area (Å²) in [5.74, 6) is -2.15. The van der Waals surface area contributed by atoms with Crippen molar-refractivity contribution in [1.29, 1.82) is 0 Å². The number of thiophene rings is 1. The van der Waals surface area contributed by atoms with E-state index in [2.05, 4.69) is 5.32 Å². The highest BCUT2D eigenvalue weighted by atomic mass is 32.1. The zero-order chi connectivity index (χ0) is 14.7. The van der Waals surface area contributed by atoms with Crippen LogP contribution in [0.1, 0.15) is 32.5 Å². The predicted molar refractivity (Wildman–Crippen MR) is 75.0 cm³/mol. The highest BCUT2D eigenvalue weighted by molar-refractivity contribution is 7.16. The van der Waals surface area contributed by atoms with Gasteiger partial charge in [-0.2, -0.15) is 0 Å². The Hall–Kier alpha value is -2.21. The van der Waals surface area contributed by atoms with Gasteiger partial charge in [-0.1, -0.05) is 13.0 Å². The molecule has 0 fully saturated rings. The van der Waals surface area contributed by atoms with E-state index in [-0.39, 0.29) is 16.1 Å². The zero-order valence-corrected chi connectivity index (χ0v) is 11.5.